The van der Waals surface area contributed by atoms with Crippen molar-refractivity contribution in [2.45, 2.75) is 13.0 Å². The number of nitrogens with zero attached hydrogens (tertiary/aromatic N) is 1. The number of carbonyl (C=O) groups is 3. The lowest BCUT2D eigenvalue weighted by molar-refractivity contribution is -0.148. The summed E-state index contributed by atoms with van der Waals surface area (Å²) >= 11 is 0. The molecule has 2 N–H and O–H groups in total. The highest BCUT2D eigenvalue weighted by Crippen LogP contribution is 2.24. The number of benzene rings is 2. The van der Waals surface area contributed by atoms with E-state index in [-0.39, 0.29) is 23.7 Å². The predicted molar refractivity (Wildman–Crippen MR) is 85.2 cm³/mol. The van der Waals surface area contributed by atoms with Gasteiger partial charge in [-0.15, -0.1) is 0 Å². The fourth-order valence-corrected chi connectivity index (χ4v) is 2.07. The van der Waals surface area contributed by atoms with E-state index < -0.39 is 24.0 Å². The number of phenols is 1. The second kappa shape index (κ2) is 7.75. The number of aliphatic carboxylic acids is 1. The smallest absolute Gasteiger partial charge is 0.372 e. The van der Waals surface area contributed by atoms with Gasteiger partial charge in [-0.25, -0.2) is 4.79 Å². The first kappa shape index (κ1) is 17.7. The number of carboxylic acids is 1. The van der Waals surface area contributed by atoms with Crippen molar-refractivity contribution in [2.75, 3.05) is 0 Å². The summed E-state index contributed by atoms with van der Waals surface area (Å²) in [5.41, 5.74) is 1.02. The van der Waals surface area contributed by atoms with Gasteiger partial charge in [0.15, 0.2) is 5.78 Å². The first-order chi connectivity index (χ1) is 11.9. The van der Waals surface area contributed by atoms with Crippen LogP contribution in [0.4, 0.5) is 0 Å². The molecule has 0 aliphatic rings. The van der Waals surface area contributed by atoms with Gasteiger partial charge in [0.25, 0.3) is 0 Å². The minimum Gasteiger partial charge on any atom is -0.508 e. The van der Waals surface area contributed by atoms with E-state index in [2.05, 4.69) is 0 Å². The zero-order valence-electron chi connectivity index (χ0n) is 12.9. The minimum absolute atomic E-state index is 0.0366. The van der Waals surface area contributed by atoms with Gasteiger partial charge in [0.2, 0.25) is 5.78 Å². The molecule has 25 heavy (non-hydrogen) atoms. The highest BCUT2D eigenvalue weighted by atomic mass is 16.5. The third kappa shape index (κ3) is 4.65. The van der Waals surface area contributed by atoms with Crippen LogP contribution in [0.25, 0.3) is 0 Å². The Morgan fingerprint density at radius 2 is 1.84 bits per heavy atom. The molecule has 0 aliphatic carbocycles. The first-order valence-electron chi connectivity index (χ1n) is 7.15. The lowest BCUT2D eigenvalue weighted by Crippen LogP contribution is -2.17. The molecule has 0 aromatic heterocycles. The molecule has 0 atom stereocenters. The summed E-state index contributed by atoms with van der Waals surface area (Å²) in [6, 6.07) is 12.5. The van der Waals surface area contributed by atoms with Crippen molar-refractivity contribution in [1.82, 2.24) is 0 Å². The molecule has 0 heterocycles. The SMILES string of the molecule is N#Cc1ccccc1COc1cc(O)cc(C(=O)CC(=O)C(=O)O)c1. The number of ketones is 2. The zero-order chi connectivity index (χ0) is 18.4. The Balaban J connectivity index is 2.16. The molecule has 0 aliphatic heterocycles. The molecule has 2 aromatic rings. The summed E-state index contributed by atoms with van der Waals surface area (Å²) in [5, 5.41) is 27.3. The van der Waals surface area contributed by atoms with Crippen LogP contribution in [0.1, 0.15) is 27.9 Å². The first-order valence-corrected chi connectivity index (χ1v) is 7.15. The number of Topliss-reactive ketones (excluding diaryl/α,β-unsaturated/α-hetero) is 2. The molecule has 0 unspecified atom stereocenters. The van der Waals surface area contributed by atoms with Gasteiger partial charge < -0.3 is 14.9 Å². The van der Waals surface area contributed by atoms with Gasteiger partial charge in [0.1, 0.15) is 18.1 Å². The molecule has 7 heteroatoms. The van der Waals surface area contributed by atoms with Crippen LogP contribution in [0.15, 0.2) is 42.5 Å². The summed E-state index contributed by atoms with van der Waals surface area (Å²) in [6.45, 7) is 0.0366. The highest BCUT2D eigenvalue weighted by Gasteiger charge is 2.19. The van der Waals surface area contributed by atoms with Gasteiger partial charge in [0, 0.05) is 17.2 Å². The molecule has 0 amide bonds. The molecule has 7 nitrogen and oxygen atoms in total. The minimum atomic E-state index is -1.70. The maximum Gasteiger partial charge on any atom is 0.372 e. The Morgan fingerprint density at radius 3 is 2.52 bits per heavy atom. The normalized spacial score (nSPS) is 9.88. The Bertz CT molecular complexity index is 881. The fourth-order valence-electron chi connectivity index (χ4n) is 2.07. The fraction of sp³-hybridized carbons (Fsp3) is 0.111. The van der Waals surface area contributed by atoms with E-state index in [4.69, 9.17) is 15.1 Å². The van der Waals surface area contributed by atoms with Crippen LogP contribution in [0.3, 0.4) is 0 Å². The number of hydrogen-bond donors (Lipinski definition) is 2. The summed E-state index contributed by atoms with van der Waals surface area (Å²) in [7, 11) is 0. The average Bonchev–Trinajstić information content (AvgIpc) is 2.59. The maximum atomic E-state index is 11.9. The zero-order valence-corrected chi connectivity index (χ0v) is 12.9. The maximum absolute atomic E-state index is 11.9. The number of ether oxygens (including phenoxy) is 1. The molecule has 0 fully saturated rings. The van der Waals surface area contributed by atoms with Crippen LogP contribution in [0.2, 0.25) is 0 Å². The van der Waals surface area contributed by atoms with Crippen molar-refractivity contribution in [2.24, 2.45) is 0 Å². The van der Waals surface area contributed by atoms with Crippen molar-refractivity contribution >= 4 is 17.5 Å². The van der Waals surface area contributed by atoms with Crippen LogP contribution < -0.4 is 4.74 Å². The highest BCUT2D eigenvalue weighted by molar-refractivity contribution is 6.37. The van der Waals surface area contributed by atoms with Crippen molar-refractivity contribution in [3.63, 3.8) is 0 Å². The number of aromatic hydroxyl groups is 1. The van der Waals surface area contributed by atoms with E-state index in [1.807, 2.05) is 6.07 Å². The monoisotopic (exact) mass is 339 g/mol. The lowest BCUT2D eigenvalue weighted by Gasteiger charge is -2.09. The van der Waals surface area contributed by atoms with Gasteiger partial charge in [-0.3, -0.25) is 9.59 Å². The number of rotatable bonds is 7. The lowest BCUT2D eigenvalue weighted by atomic mass is 10.1. The van der Waals surface area contributed by atoms with E-state index >= 15 is 0 Å². The predicted octanol–water partition coefficient (Wildman–Crippen LogP) is 2.07. The molecular weight excluding hydrogens is 326 g/mol. The Morgan fingerprint density at radius 1 is 1.12 bits per heavy atom. The molecule has 0 spiro atoms. The average molecular weight is 339 g/mol. The molecule has 0 radical (unpaired) electrons. The summed E-state index contributed by atoms with van der Waals surface area (Å²) in [4.78, 5) is 33.6. The van der Waals surface area contributed by atoms with Crippen molar-refractivity contribution in [1.29, 1.82) is 5.26 Å². The second-order valence-corrected chi connectivity index (χ2v) is 5.10. The van der Waals surface area contributed by atoms with Crippen LogP contribution in [-0.4, -0.2) is 27.7 Å². The molecule has 2 rings (SSSR count). The van der Waals surface area contributed by atoms with Crippen molar-refractivity contribution in [3.05, 3.63) is 59.2 Å². The second-order valence-electron chi connectivity index (χ2n) is 5.10. The van der Waals surface area contributed by atoms with Crippen LogP contribution in [0.5, 0.6) is 11.5 Å². The largest absolute Gasteiger partial charge is 0.508 e. The van der Waals surface area contributed by atoms with Crippen LogP contribution >= 0.6 is 0 Å². The van der Waals surface area contributed by atoms with Gasteiger partial charge in [-0.05, 0) is 18.2 Å². The van der Waals surface area contributed by atoms with Gasteiger partial charge >= 0.3 is 5.97 Å². The number of hydrogen-bond acceptors (Lipinski definition) is 6. The number of nitriles is 1. The summed E-state index contributed by atoms with van der Waals surface area (Å²) in [5.74, 6) is -3.79. The van der Waals surface area contributed by atoms with E-state index in [1.54, 1.807) is 24.3 Å². The van der Waals surface area contributed by atoms with Crippen LogP contribution in [-0.2, 0) is 16.2 Å². The number of carboxylic acid groups (broad SMARTS) is 1. The third-order valence-corrected chi connectivity index (χ3v) is 3.31. The van der Waals surface area contributed by atoms with Gasteiger partial charge in [-0.1, -0.05) is 18.2 Å². The standard InChI is InChI=1S/C18H13NO6/c19-9-11-3-1-2-4-12(11)10-25-15-6-13(5-14(20)7-15)16(21)8-17(22)18(23)24/h1-7,20H,8,10H2,(H,23,24). The number of carbonyl (C=O) groups excluding carboxylic acids is 2. The molecule has 126 valence electrons. The van der Waals surface area contributed by atoms with E-state index in [0.29, 0.717) is 11.1 Å². The number of phenolic OH excluding ortho intramolecular Hbond substituents is 1. The Kier molecular flexibility index (Phi) is 5.48. The summed E-state index contributed by atoms with van der Waals surface area (Å²) in [6.07, 6.45) is -0.810. The molecule has 0 saturated heterocycles. The van der Waals surface area contributed by atoms with E-state index in [1.165, 1.54) is 12.1 Å². The molecule has 0 saturated carbocycles. The summed E-state index contributed by atoms with van der Waals surface area (Å²) < 4.78 is 5.49. The topological polar surface area (TPSA) is 125 Å². The van der Waals surface area contributed by atoms with Gasteiger partial charge in [-0.2, -0.15) is 5.26 Å². The van der Waals surface area contributed by atoms with E-state index in [0.717, 1.165) is 6.07 Å². The molecular formula is C18H13NO6. The Hall–Kier alpha value is -3.66. The molecule has 0 bridgehead atoms. The molecule has 2 aromatic carbocycles. The quantitative estimate of drug-likeness (QED) is 0.449. The van der Waals surface area contributed by atoms with Crippen LogP contribution in [0, 0.1) is 11.3 Å². The van der Waals surface area contributed by atoms with Crippen molar-refractivity contribution < 1.29 is 29.3 Å². The van der Waals surface area contributed by atoms with E-state index in [9.17, 15) is 19.5 Å². The Labute approximate surface area is 142 Å². The third-order valence-electron chi connectivity index (χ3n) is 3.31. The van der Waals surface area contributed by atoms with Crippen molar-refractivity contribution in [3.8, 4) is 17.6 Å². The van der Waals surface area contributed by atoms with Gasteiger partial charge in [0.05, 0.1) is 18.1 Å².